The third-order valence-electron chi connectivity index (χ3n) is 5.22. The topological polar surface area (TPSA) is 17.1 Å². The highest BCUT2D eigenvalue weighted by molar-refractivity contribution is 5.79. The van der Waals surface area contributed by atoms with Crippen LogP contribution in [0.5, 0.6) is 0 Å². The fourth-order valence-corrected chi connectivity index (χ4v) is 3.97. The molecule has 0 atom stereocenters. The molecule has 0 unspecified atom stereocenters. The summed E-state index contributed by atoms with van der Waals surface area (Å²) in [4.78, 5) is 11.3. The molecule has 0 aromatic heterocycles. The van der Waals surface area contributed by atoms with Gasteiger partial charge in [0.15, 0.2) is 0 Å². The van der Waals surface area contributed by atoms with E-state index in [0.717, 1.165) is 56.3 Å². The SMILES string of the molecule is O=C1CCC(C2CCC(CCCC=CF)CC2)CC1. The Morgan fingerprint density at radius 2 is 1.63 bits per heavy atom. The van der Waals surface area contributed by atoms with E-state index < -0.39 is 0 Å². The Labute approximate surface area is 116 Å². The molecule has 1 nitrogen and oxygen atoms in total. The molecule has 0 aromatic rings. The van der Waals surface area contributed by atoms with Crippen molar-refractivity contribution in [3.05, 3.63) is 12.4 Å². The van der Waals surface area contributed by atoms with Gasteiger partial charge in [0, 0.05) is 12.8 Å². The van der Waals surface area contributed by atoms with E-state index in [9.17, 15) is 9.18 Å². The molecular weight excluding hydrogens is 239 g/mol. The minimum absolute atomic E-state index is 0.478. The van der Waals surface area contributed by atoms with E-state index in [2.05, 4.69) is 0 Å². The van der Waals surface area contributed by atoms with Crippen molar-refractivity contribution in [2.75, 3.05) is 0 Å². The monoisotopic (exact) mass is 266 g/mol. The zero-order valence-corrected chi connectivity index (χ0v) is 12.0. The number of Topliss-reactive ketones (excluding diaryl/α,β-unsaturated/α-hetero) is 1. The van der Waals surface area contributed by atoms with Crippen LogP contribution in [0.2, 0.25) is 0 Å². The number of carbonyl (C=O) groups is 1. The Kier molecular flexibility index (Phi) is 6.06. The maximum atomic E-state index is 11.8. The quantitative estimate of drug-likeness (QED) is 0.625. The van der Waals surface area contributed by atoms with Gasteiger partial charge in [0.1, 0.15) is 5.78 Å². The lowest BCUT2D eigenvalue weighted by Gasteiger charge is -2.35. The molecule has 0 aliphatic heterocycles. The van der Waals surface area contributed by atoms with Gasteiger partial charge in [-0.25, -0.2) is 4.39 Å². The van der Waals surface area contributed by atoms with Crippen molar-refractivity contribution in [1.29, 1.82) is 0 Å². The Morgan fingerprint density at radius 1 is 1.00 bits per heavy atom. The van der Waals surface area contributed by atoms with Crippen molar-refractivity contribution >= 4 is 5.78 Å². The third-order valence-corrected chi connectivity index (χ3v) is 5.22. The summed E-state index contributed by atoms with van der Waals surface area (Å²) in [6.07, 6.45) is 15.0. The van der Waals surface area contributed by atoms with Crippen LogP contribution in [0.4, 0.5) is 4.39 Å². The van der Waals surface area contributed by atoms with Crippen LogP contribution in [0.15, 0.2) is 12.4 Å². The second-order valence-electron chi connectivity index (χ2n) is 6.45. The van der Waals surface area contributed by atoms with Crippen LogP contribution in [0, 0.1) is 17.8 Å². The van der Waals surface area contributed by atoms with Crippen molar-refractivity contribution in [3.8, 4) is 0 Å². The first-order chi connectivity index (χ1) is 9.29. The number of allylic oxidation sites excluding steroid dienone is 1. The molecule has 2 rings (SSSR count). The maximum absolute atomic E-state index is 11.8. The van der Waals surface area contributed by atoms with Crippen LogP contribution in [0.3, 0.4) is 0 Å². The first-order valence-electron chi connectivity index (χ1n) is 8.06. The molecule has 2 aliphatic rings. The lowest BCUT2D eigenvalue weighted by Crippen LogP contribution is -2.25. The fourth-order valence-electron chi connectivity index (χ4n) is 3.97. The zero-order chi connectivity index (χ0) is 13.5. The van der Waals surface area contributed by atoms with E-state index in [1.54, 1.807) is 6.08 Å². The molecule has 2 fully saturated rings. The van der Waals surface area contributed by atoms with Crippen LogP contribution >= 0.6 is 0 Å². The van der Waals surface area contributed by atoms with E-state index in [-0.39, 0.29) is 0 Å². The summed E-state index contributed by atoms with van der Waals surface area (Å²) < 4.78 is 11.8. The summed E-state index contributed by atoms with van der Waals surface area (Å²) in [5, 5.41) is 0. The van der Waals surface area contributed by atoms with Gasteiger partial charge >= 0.3 is 0 Å². The first-order valence-corrected chi connectivity index (χ1v) is 8.06. The Hall–Kier alpha value is -0.660. The summed E-state index contributed by atoms with van der Waals surface area (Å²) in [5.74, 6) is 3.06. The molecule has 0 amide bonds. The molecule has 19 heavy (non-hydrogen) atoms. The van der Waals surface area contributed by atoms with Crippen molar-refractivity contribution < 1.29 is 9.18 Å². The van der Waals surface area contributed by atoms with E-state index in [0.29, 0.717) is 12.1 Å². The van der Waals surface area contributed by atoms with Gasteiger partial charge in [-0.05, 0) is 56.3 Å². The van der Waals surface area contributed by atoms with Gasteiger partial charge in [-0.2, -0.15) is 0 Å². The van der Waals surface area contributed by atoms with Gasteiger partial charge in [-0.15, -0.1) is 0 Å². The molecule has 0 N–H and O–H groups in total. The molecule has 0 aromatic carbocycles. The maximum Gasteiger partial charge on any atom is 0.132 e. The molecular formula is C17H27FO. The predicted octanol–water partition coefficient (Wildman–Crippen LogP) is 5.21. The number of ketones is 1. The average Bonchev–Trinajstić information content (AvgIpc) is 2.45. The highest BCUT2D eigenvalue weighted by atomic mass is 19.1. The first kappa shape index (κ1) is 14.7. The van der Waals surface area contributed by atoms with Crippen LogP contribution in [0.1, 0.15) is 70.6 Å². The minimum atomic E-state index is 0.478. The second-order valence-corrected chi connectivity index (χ2v) is 6.45. The molecule has 2 aliphatic carbocycles. The van der Waals surface area contributed by atoms with E-state index in [4.69, 9.17) is 0 Å². The summed E-state index contributed by atoms with van der Waals surface area (Å²) in [6.45, 7) is 0. The van der Waals surface area contributed by atoms with E-state index in [1.165, 1.54) is 32.1 Å². The third kappa shape index (κ3) is 4.74. The number of rotatable bonds is 5. The molecule has 0 bridgehead atoms. The number of carbonyl (C=O) groups excluding carboxylic acids is 1. The van der Waals surface area contributed by atoms with Gasteiger partial charge in [0.2, 0.25) is 0 Å². The summed E-state index contributed by atoms with van der Waals surface area (Å²) in [7, 11) is 0. The predicted molar refractivity (Wildman–Crippen MR) is 76.5 cm³/mol. The minimum Gasteiger partial charge on any atom is -0.300 e. The molecule has 0 saturated heterocycles. The van der Waals surface area contributed by atoms with Crippen molar-refractivity contribution in [1.82, 2.24) is 0 Å². The molecule has 2 saturated carbocycles. The van der Waals surface area contributed by atoms with Gasteiger partial charge in [0.05, 0.1) is 6.33 Å². The van der Waals surface area contributed by atoms with Crippen LogP contribution in [-0.2, 0) is 4.79 Å². The van der Waals surface area contributed by atoms with Gasteiger partial charge in [-0.1, -0.05) is 25.3 Å². The lowest BCUT2D eigenvalue weighted by atomic mass is 9.70. The lowest BCUT2D eigenvalue weighted by molar-refractivity contribution is -0.121. The van der Waals surface area contributed by atoms with E-state index >= 15 is 0 Å². The highest BCUT2D eigenvalue weighted by Crippen LogP contribution is 2.40. The Balaban J connectivity index is 1.63. The number of hydrogen-bond acceptors (Lipinski definition) is 1. The zero-order valence-electron chi connectivity index (χ0n) is 12.0. The van der Waals surface area contributed by atoms with Crippen LogP contribution < -0.4 is 0 Å². The second kappa shape index (κ2) is 7.81. The summed E-state index contributed by atoms with van der Waals surface area (Å²) >= 11 is 0. The van der Waals surface area contributed by atoms with Crippen molar-refractivity contribution in [3.63, 3.8) is 0 Å². The largest absolute Gasteiger partial charge is 0.300 e. The molecule has 2 heteroatoms. The molecule has 108 valence electrons. The van der Waals surface area contributed by atoms with Crippen LogP contribution in [-0.4, -0.2) is 5.78 Å². The van der Waals surface area contributed by atoms with Gasteiger partial charge in [-0.3, -0.25) is 4.79 Å². The average molecular weight is 266 g/mol. The molecule has 0 radical (unpaired) electrons. The smallest absolute Gasteiger partial charge is 0.132 e. The van der Waals surface area contributed by atoms with Crippen LogP contribution in [0.25, 0.3) is 0 Å². The Morgan fingerprint density at radius 3 is 2.26 bits per heavy atom. The van der Waals surface area contributed by atoms with Crippen molar-refractivity contribution in [2.45, 2.75) is 70.6 Å². The van der Waals surface area contributed by atoms with Crippen molar-refractivity contribution in [2.24, 2.45) is 17.8 Å². The number of hydrogen-bond donors (Lipinski definition) is 0. The molecule has 0 heterocycles. The van der Waals surface area contributed by atoms with Gasteiger partial charge < -0.3 is 0 Å². The number of halogens is 1. The normalized spacial score (nSPS) is 30.1. The molecule has 0 spiro atoms. The van der Waals surface area contributed by atoms with Gasteiger partial charge in [0.25, 0.3) is 0 Å². The highest BCUT2D eigenvalue weighted by Gasteiger charge is 2.29. The summed E-state index contributed by atoms with van der Waals surface area (Å²) in [5.41, 5.74) is 0. The Bertz CT molecular complexity index is 292. The summed E-state index contributed by atoms with van der Waals surface area (Å²) in [6, 6.07) is 0. The standard InChI is InChI=1S/C17H27FO/c18-13-3-1-2-4-14-5-7-15(8-6-14)16-9-11-17(19)12-10-16/h3,13-16H,1-2,4-12H2. The fraction of sp³-hybridized carbons (Fsp3) is 0.824. The van der Waals surface area contributed by atoms with E-state index in [1.807, 2.05) is 0 Å². The number of unbranched alkanes of at least 4 members (excludes halogenated alkanes) is 1.